The van der Waals surface area contributed by atoms with Crippen molar-refractivity contribution in [1.82, 2.24) is 15.3 Å². The maximum Gasteiger partial charge on any atom is 0.260 e. The SMILES string of the molecule is CCC(C)NC(=O)CSc1nc2sc3c(c2c(=O)[nH]1)CCCC3. The smallest absolute Gasteiger partial charge is 0.260 e. The first-order valence-corrected chi connectivity index (χ1v) is 9.85. The van der Waals surface area contributed by atoms with E-state index >= 15 is 0 Å². The van der Waals surface area contributed by atoms with Crippen molar-refractivity contribution in [3.63, 3.8) is 0 Å². The van der Waals surface area contributed by atoms with Gasteiger partial charge in [0.2, 0.25) is 5.91 Å². The van der Waals surface area contributed by atoms with Crippen molar-refractivity contribution in [3.05, 3.63) is 20.8 Å². The highest BCUT2D eigenvalue weighted by molar-refractivity contribution is 7.99. The summed E-state index contributed by atoms with van der Waals surface area (Å²) in [5, 5.41) is 4.20. The second-order valence-corrected chi connectivity index (χ2v) is 7.98. The van der Waals surface area contributed by atoms with Crippen LogP contribution in [0.2, 0.25) is 0 Å². The van der Waals surface area contributed by atoms with Gasteiger partial charge >= 0.3 is 0 Å². The predicted molar refractivity (Wildman–Crippen MR) is 95.5 cm³/mol. The summed E-state index contributed by atoms with van der Waals surface area (Å²) in [6.45, 7) is 4.01. The Morgan fingerprint density at radius 3 is 3.00 bits per heavy atom. The molecule has 0 spiro atoms. The Labute approximate surface area is 143 Å². The molecule has 1 aliphatic rings. The molecular formula is C16H21N3O2S2. The van der Waals surface area contributed by atoms with Gasteiger partial charge in [0.1, 0.15) is 4.83 Å². The van der Waals surface area contributed by atoms with E-state index in [-0.39, 0.29) is 23.3 Å². The van der Waals surface area contributed by atoms with Crippen molar-refractivity contribution in [2.24, 2.45) is 0 Å². The van der Waals surface area contributed by atoms with Crippen LogP contribution >= 0.6 is 23.1 Å². The normalized spacial score (nSPS) is 15.4. The van der Waals surface area contributed by atoms with Crippen LogP contribution in [0.1, 0.15) is 43.6 Å². The van der Waals surface area contributed by atoms with Crippen molar-refractivity contribution in [2.75, 3.05) is 5.75 Å². The molecule has 1 unspecified atom stereocenters. The van der Waals surface area contributed by atoms with Crippen LogP contribution in [0.5, 0.6) is 0 Å². The minimum absolute atomic E-state index is 0.0300. The Kier molecular flexibility index (Phi) is 5.06. The number of nitrogens with one attached hydrogen (secondary N) is 2. The van der Waals surface area contributed by atoms with Crippen molar-refractivity contribution in [3.8, 4) is 0 Å². The topological polar surface area (TPSA) is 74.8 Å². The monoisotopic (exact) mass is 351 g/mol. The molecule has 0 aliphatic heterocycles. The van der Waals surface area contributed by atoms with E-state index in [1.54, 1.807) is 11.3 Å². The molecule has 0 saturated heterocycles. The van der Waals surface area contributed by atoms with Gasteiger partial charge in [-0.1, -0.05) is 18.7 Å². The molecule has 2 aromatic heterocycles. The van der Waals surface area contributed by atoms with E-state index < -0.39 is 0 Å². The first-order valence-electron chi connectivity index (χ1n) is 8.05. The van der Waals surface area contributed by atoms with Gasteiger partial charge in [-0.05, 0) is 44.6 Å². The number of nitrogens with zero attached hydrogens (tertiary/aromatic N) is 1. The number of H-pyrrole nitrogens is 1. The lowest BCUT2D eigenvalue weighted by Gasteiger charge is -2.10. The number of hydrogen-bond acceptors (Lipinski definition) is 5. The minimum atomic E-state index is -0.0702. The highest BCUT2D eigenvalue weighted by atomic mass is 32.2. The molecule has 0 bridgehead atoms. The van der Waals surface area contributed by atoms with E-state index in [2.05, 4.69) is 15.3 Å². The number of fused-ring (bicyclic) bond motifs is 3. The molecule has 0 fully saturated rings. The number of thioether (sulfide) groups is 1. The van der Waals surface area contributed by atoms with Crippen LogP contribution in [0, 0.1) is 0 Å². The molecule has 1 atom stereocenters. The highest BCUT2D eigenvalue weighted by Gasteiger charge is 2.20. The van der Waals surface area contributed by atoms with E-state index in [1.807, 2.05) is 13.8 Å². The molecule has 0 radical (unpaired) electrons. The minimum Gasteiger partial charge on any atom is -0.353 e. The summed E-state index contributed by atoms with van der Waals surface area (Å²) in [5.74, 6) is 0.238. The Bertz CT molecular complexity index is 781. The molecule has 2 heterocycles. The maximum absolute atomic E-state index is 12.4. The van der Waals surface area contributed by atoms with E-state index in [4.69, 9.17) is 0 Å². The van der Waals surface area contributed by atoms with Crippen LogP contribution in [0.3, 0.4) is 0 Å². The van der Waals surface area contributed by atoms with E-state index in [0.717, 1.165) is 35.9 Å². The van der Waals surface area contributed by atoms with Crippen LogP contribution in [0.15, 0.2) is 9.95 Å². The fourth-order valence-electron chi connectivity index (χ4n) is 2.77. The van der Waals surface area contributed by atoms with Crippen molar-refractivity contribution in [2.45, 2.75) is 57.1 Å². The zero-order chi connectivity index (χ0) is 16.4. The molecule has 1 aliphatic carbocycles. The number of thiophene rings is 1. The third kappa shape index (κ3) is 3.61. The van der Waals surface area contributed by atoms with Crippen LogP contribution < -0.4 is 10.9 Å². The summed E-state index contributed by atoms with van der Waals surface area (Å²) in [7, 11) is 0. The molecular weight excluding hydrogens is 330 g/mol. The first-order chi connectivity index (χ1) is 11.1. The maximum atomic E-state index is 12.4. The number of rotatable bonds is 5. The van der Waals surface area contributed by atoms with Crippen molar-refractivity contribution < 1.29 is 4.79 Å². The lowest BCUT2D eigenvalue weighted by molar-refractivity contribution is -0.119. The Balaban J connectivity index is 1.78. The number of carbonyl (C=O) groups is 1. The summed E-state index contributed by atoms with van der Waals surface area (Å²) in [6.07, 6.45) is 5.26. The van der Waals surface area contributed by atoms with Gasteiger partial charge in [0, 0.05) is 10.9 Å². The molecule has 23 heavy (non-hydrogen) atoms. The number of aromatic nitrogens is 2. The van der Waals surface area contributed by atoms with Crippen LogP contribution in [-0.2, 0) is 17.6 Å². The van der Waals surface area contributed by atoms with Gasteiger partial charge < -0.3 is 10.3 Å². The number of amides is 1. The van der Waals surface area contributed by atoms with Gasteiger partial charge in [0.25, 0.3) is 5.56 Å². The number of aryl methyl sites for hydroxylation is 2. The summed E-state index contributed by atoms with van der Waals surface area (Å²) in [6, 6.07) is 0.168. The van der Waals surface area contributed by atoms with Gasteiger partial charge in [-0.15, -0.1) is 11.3 Å². The van der Waals surface area contributed by atoms with Gasteiger partial charge in [-0.3, -0.25) is 9.59 Å². The largest absolute Gasteiger partial charge is 0.353 e. The van der Waals surface area contributed by atoms with Gasteiger partial charge in [0.05, 0.1) is 11.1 Å². The molecule has 3 rings (SSSR count). The van der Waals surface area contributed by atoms with E-state index in [0.29, 0.717) is 5.16 Å². The van der Waals surface area contributed by atoms with E-state index in [1.165, 1.54) is 28.6 Å². The van der Waals surface area contributed by atoms with Crippen LogP contribution in [-0.4, -0.2) is 27.7 Å². The lowest BCUT2D eigenvalue weighted by Crippen LogP contribution is -2.33. The highest BCUT2D eigenvalue weighted by Crippen LogP contribution is 2.34. The predicted octanol–water partition coefficient (Wildman–Crippen LogP) is 2.87. The number of carbonyl (C=O) groups excluding carboxylic acids is 1. The number of hydrogen-bond donors (Lipinski definition) is 2. The van der Waals surface area contributed by atoms with Gasteiger partial charge in [-0.25, -0.2) is 4.98 Å². The fourth-order valence-corrected chi connectivity index (χ4v) is 4.76. The third-order valence-electron chi connectivity index (χ3n) is 4.16. The molecule has 0 saturated carbocycles. The third-order valence-corrected chi connectivity index (χ3v) is 6.22. The van der Waals surface area contributed by atoms with E-state index in [9.17, 15) is 9.59 Å². The van der Waals surface area contributed by atoms with Gasteiger partial charge in [-0.2, -0.15) is 0 Å². The summed E-state index contributed by atoms with van der Waals surface area (Å²) in [4.78, 5) is 33.8. The average molecular weight is 351 g/mol. The first kappa shape index (κ1) is 16.5. The molecule has 0 aromatic carbocycles. The Morgan fingerprint density at radius 1 is 1.43 bits per heavy atom. The Morgan fingerprint density at radius 2 is 2.22 bits per heavy atom. The number of aromatic amines is 1. The zero-order valence-corrected chi connectivity index (χ0v) is 15.0. The van der Waals surface area contributed by atoms with Crippen molar-refractivity contribution in [1.29, 1.82) is 0 Å². The summed E-state index contributed by atoms with van der Waals surface area (Å²) < 4.78 is 0. The molecule has 1 amide bonds. The molecule has 2 N–H and O–H groups in total. The summed E-state index contributed by atoms with van der Waals surface area (Å²) >= 11 is 2.92. The standard InChI is InChI=1S/C16H21N3O2S2/c1-3-9(2)17-12(20)8-22-16-18-14(21)13-10-6-4-5-7-11(10)23-15(13)19-16/h9H,3-8H2,1-2H3,(H,17,20)(H,18,19,21). The van der Waals surface area contributed by atoms with Crippen LogP contribution in [0.4, 0.5) is 0 Å². The lowest BCUT2D eigenvalue weighted by atomic mass is 9.97. The molecule has 124 valence electrons. The molecule has 7 heteroatoms. The fraction of sp³-hybridized carbons (Fsp3) is 0.562. The van der Waals surface area contributed by atoms with Crippen LogP contribution in [0.25, 0.3) is 10.2 Å². The Hall–Kier alpha value is -1.34. The molecule has 2 aromatic rings. The quantitative estimate of drug-likeness (QED) is 0.642. The van der Waals surface area contributed by atoms with Gasteiger partial charge in [0.15, 0.2) is 5.16 Å². The molecule has 5 nitrogen and oxygen atoms in total. The second kappa shape index (κ2) is 7.05. The zero-order valence-electron chi connectivity index (χ0n) is 13.4. The van der Waals surface area contributed by atoms with Crippen molar-refractivity contribution >= 4 is 39.2 Å². The second-order valence-electron chi connectivity index (χ2n) is 5.93. The summed E-state index contributed by atoms with van der Waals surface area (Å²) in [5.41, 5.74) is 1.12. The average Bonchev–Trinajstić information content (AvgIpc) is 2.91.